The van der Waals surface area contributed by atoms with E-state index in [0.717, 1.165) is 31.4 Å². The molecule has 2 rings (SSSR count). The van der Waals surface area contributed by atoms with E-state index in [1.807, 2.05) is 6.07 Å². The molecule has 1 aliphatic carbocycles. The number of likely N-dealkylation sites (N-methyl/N-ethyl adjacent to an activating group) is 1. The van der Waals surface area contributed by atoms with Gasteiger partial charge in [-0.25, -0.2) is 4.39 Å². The second kappa shape index (κ2) is 7.49. The highest BCUT2D eigenvalue weighted by molar-refractivity contribution is 5.42. The minimum absolute atomic E-state index is 0.176. The Bertz CT molecular complexity index is 375. The predicted octanol–water partition coefficient (Wildman–Crippen LogP) is 3.89. The lowest BCUT2D eigenvalue weighted by molar-refractivity contribution is 0.169. The summed E-state index contributed by atoms with van der Waals surface area (Å²) in [7, 11) is 0. The molecule has 0 bridgehead atoms. The zero-order valence-electron chi connectivity index (χ0n) is 11.9. The van der Waals surface area contributed by atoms with Gasteiger partial charge in [0.15, 0.2) is 0 Å². The summed E-state index contributed by atoms with van der Waals surface area (Å²) >= 11 is 0. The first kappa shape index (κ1) is 14.3. The van der Waals surface area contributed by atoms with Crippen LogP contribution in [0.2, 0.25) is 0 Å². The molecule has 3 heteroatoms. The highest BCUT2D eigenvalue weighted by Gasteiger charge is 2.19. The molecule has 0 atom stereocenters. The van der Waals surface area contributed by atoms with Gasteiger partial charge in [0, 0.05) is 24.8 Å². The molecule has 0 heterocycles. The Hall–Kier alpha value is -1.09. The second-order valence-corrected chi connectivity index (χ2v) is 5.36. The van der Waals surface area contributed by atoms with Crippen LogP contribution in [0.25, 0.3) is 0 Å². The van der Waals surface area contributed by atoms with Gasteiger partial charge in [0.1, 0.15) is 5.82 Å². The van der Waals surface area contributed by atoms with Crippen molar-refractivity contribution in [2.45, 2.75) is 45.1 Å². The topological polar surface area (TPSA) is 15.3 Å². The average molecular weight is 264 g/mol. The number of nitrogens with zero attached hydrogens (tertiary/aromatic N) is 1. The summed E-state index contributed by atoms with van der Waals surface area (Å²) in [5, 5.41) is 3.31. The molecule has 0 amide bonds. The number of anilines is 1. The van der Waals surface area contributed by atoms with Gasteiger partial charge in [0.25, 0.3) is 0 Å². The third kappa shape index (κ3) is 4.50. The van der Waals surface area contributed by atoms with Crippen LogP contribution in [0.3, 0.4) is 0 Å². The standard InChI is InChI=1S/C16H25FN2/c1-2-19(16-9-4-3-5-10-16)12-11-18-15-8-6-7-14(17)13-15/h6-8,13,16,18H,2-5,9-12H2,1H3. The van der Waals surface area contributed by atoms with Crippen molar-refractivity contribution in [3.05, 3.63) is 30.1 Å². The van der Waals surface area contributed by atoms with Crippen molar-refractivity contribution in [2.24, 2.45) is 0 Å². The van der Waals surface area contributed by atoms with Crippen LogP contribution in [0.5, 0.6) is 0 Å². The molecule has 1 aromatic carbocycles. The third-order valence-electron chi connectivity index (χ3n) is 4.05. The van der Waals surface area contributed by atoms with Crippen LogP contribution in [0, 0.1) is 5.82 Å². The minimum atomic E-state index is -0.176. The Kier molecular flexibility index (Phi) is 5.64. The fourth-order valence-corrected chi connectivity index (χ4v) is 2.99. The molecule has 0 unspecified atom stereocenters. The van der Waals surface area contributed by atoms with Gasteiger partial charge in [-0.3, -0.25) is 4.90 Å². The van der Waals surface area contributed by atoms with E-state index in [1.54, 1.807) is 12.1 Å². The lowest BCUT2D eigenvalue weighted by atomic mass is 9.94. The van der Waals surface area contributed by atoms with Crippen molar-refractivity contribution in [3.63, 3.8) is 0 Å². The Morgan fingerprint density at radius 3 is 2.74 bits per heavy atom. The van der Waals surface area contributed by atoms with Crippen LogP contribution in [0.4, 0.5) is 10.1 Å². The lowest BCUT2D eigenvalue weighted by Gasteiger charge is -2.33. The summed E-state index contributed by atoms with van der Waals surface area (Å²) in [6.07, 6.45) is 6.83. The summed E-state index contributed by atoms with van der Waals surface area (Å²) in [6, 6.07) is 7.45. The van der Waals surface area contributed by atoms with E-state index < -0.39 is 0 Å². The largest absolute Gasteiger partial charge is 0.384 e. The van der Waals surface area contributed by atoms with Gasteiger partial charge in [0.2, 0.25) is 0 Å². The maximum absolute atomic E-state index is 13.1. The maximum Gasteiger partial charge on any atom is 0.125 e. The summed E-state index contributed by atoms with van der Waals surface area (Å²) in [6.45, 7) is 5.26. The molecular weight excluding hydrogens is 239 g/mol. The number of halogens is 1. The molecule has 1 saturated carbocycles. The van der Waals surface area contributed by atoms with Gasteiger partial charge in [-0.1, -0.05) is 32.3 Å². The van der Waals surface area contributed by atoms with Crippen LogP contribution >= 0.6 is 0 Å². The first-order chi connectivity index (χ1) is 9.29. The number of rotatable bonds is 6. The molecule has 0 radical (unpaired) electrons. The SMILES string of the molecule is CCN(CCNc1cccc(F)c1)C1CCCCC1. The quantitative estimate of drug-likeness (QED) is 0.838. The molecule has 0 aliphatic heterocycles. The van der Waals surface area contributed by atoms with Gasteiger partial charge in [-0.2, -0.15) is 0 Å². The summed E-state index contributed by atoms with van der Waals surface area (Å²) in [4.78, 5) is 2.56. The number of hydrogen-bond acceptors (Lipinski definition) is 2. The van der Waals surface area contributed by atoms with Crippen molar-refractivity contribution < 1.29 is 4.39 Å². The van der Waals surface area contributed by atoms with Crippen LogP contribution in [-0.2, 0) is 0 Å². The summed E-state index contributed by atoms with van der Waals surface area (Å²) in [5.74, 6) is -0.176. The van der Waals surface area contributed by atoms with Gasteiger partial charge in [0.05, 0.1) is 0 Å². The molecule has 106 valence electrons. The van der Waals surface area contributed by atoms with E-state index in [2.05, 4.69) is 17.1 Å². The third-order valence-corrected chi connectivity index (χ3v) is 4.05. The first-order valence-electron chi connectivity index (χ1n) is 7.53. The van der Waals surface area contributed by atoms with Crippen LogP contribution in [-0.4, -0.2) is 30.6 Å². The van der Waals surface area contributed by atoms with Crippen molar-refractivity contribution in [3.8, 4) is 0 Å². The maximum atomic E-state index is 13.1. The van der Waals surface area contributed by atoms with Crippen molar-refractivity contribution in [1.29, 1.82) is 0 Å². The van der Waals surface area contributed by atoms with Crippen LogP contribution < -0.4 is 5.32 Å². The molecule has 0 spiro atoms. The first-order valence-corrected chi connectivity index (χ1v) is 7.53. The predicted molar refractivity (Wildman–Crippen MR) is 79.0 cm³/mol. The molecule has 1 N–H and O–H groups in total. The van der Waals surface area contributed by atoms with E-state index in [0.29, 0.717) is 0 Å². The highest BCUT2D eigenvalue weighted by atomic mass is 19.1. The van der Waals surface area contributed by atoms with E-state index in [4.69, 9.17) is 0 Å². The second-order valence-electron chi connectivity index (χ2n) is 5.36. The monoisotopic (exact) mass is 264 g/mol. The Balaban J connectivity index is 1.76. The number of nitrogens with one attached hydrogen (secondary N) is 1. The zero-order chi connectivity index (χ0) is 13.5. The molecule has 0 saturated heterocycles. The van der Waals surface area contributed by atoms with E-state index in [-0.39, 0.29) is 5.82 Å². The van der Waals surface area contributed by atoms with Crippen molar-refractivity contribution in [1.82, 2.24) is 4.90 Å². The molecule has 0 aromatic heterocycles. The van der Waals surface area contributed by atoms with Gasteiger partial charge < -0.3 is 5.32 Å². The summed E-state index contributed by atoms with van der Waals surface area (Å²) in [5.41, 5.74) is 0.875. The van der Waals surface area contributed by atoms with E-state index in [9.17, 15) is 4.39 Å². The number of hydrogen-bond donors (Lipinski definition) is 1. The van der Waals surface area contributed by atoms with E-state index in [1.165, 1.54) is 38.2 Å². The average Bonchev–Trinajstić information content (AvgIpc) is 2.45. The summed E-state index contributed by atoms with van der Waals surface area (Å²) < 4.78 is 13.1. The Morgan fingerprint density at radius 2 is 2.05 bits per heavy atom. The zero-order valence-corrected chi connectivity index (χ0v) is 11.9. The van der Waals surface area contributed by atoms with Gasteiger partial charge in [-0.05, 0) is 37.6 Å². The Labute approximate surface area is 116 Å². The molecular formula is C16H25FN2. The van der Waals surface area contributed by atoms with Crippen LogP contribution in [0.1, 0.15) is 39.0 Å². The smallest absolute Gasteiger partial charge is 0.125 e. The van der Waals surface area contributed by atoms with Gasteiger partial charge in [-0.15, -0.1) is 0 Å². The lowest BCUT2D eigenvalue weighted by Crippen LogP contribution is -2.39. The van der Waals surface area contributed by atoms with Gasteiger partial charge >= 0.3 is 0 Å². The fourth-order valence-electron chi connectivity index (χ4n) is 2.99. The van der Waals surface area contributed by atoms with Crippen LogP contribution in [0.15, 0.2) is 24.3 Å². The normalized spacial score (nSPS) is 16.8. The molecule has 1 aliphatic rings. The van der Waals surface area contributed by atoms with E-state index >= 15 is 0 Å². The van der Waals surface area contributed by atoms with Crippen molar-refractivity contribution >= 4 is 5.69 Å². The Morgan fingerprint density at radius 1 is 1.26 bits per heavy atom. The minimum Gasteiger partial charge on any atom is -0.384 e. The highest BCUT2D eigenvalue weighted by Crippen LogP contribution is 2.22. The van der Waals surface area contributed by atoms with Crippen molar-refractivity contribution in [2.75, 3.05) is 25.0 Å². The number of benzene rings is 1. The molecule has 1 fully saturated rings. The fraction of sp³-hybridized carbons (Fsp3) is 0.625. The molecule has 2 nitrogen and oxygen atoms in total. The molecule has 1 aromatic rings. The molecule has 19 heavy (non-hydrogen) atoms.